The summed E-state index contributed by atoms with van der Waals surface area (Å²) in [5.41, 5.74) is 0. The molecule has 0 bridgehead atoms. The topological polar surface area (TPSA) is 17.1 Å². The van der Waals surface area contributed by atoms with Gasteiger partial charge in [-0.25, -0.2) is 8.78 Å². The largest absolute Gasteiger partial charge is 0.296 e. The van der Waals surface area contributed by atoms with Gasteiger partial charge in [-0.1, -0.05) is 13.8 Å². The molecule has 0 aliphatic carbocycles. The van der Waals surface area contributed by atoms with Gasteiger partial charge in [0, 0.05) is 5.92 Å². The number of hydrogen-bond donors (Lipinski definition) is 0. The average Bonchev–Trinajstić information content (AvgIpc) is 1.84. The molecule has 0 amide bonds. The van der Waals surface area contributed by atoms with Crippen molar-refractivity contribution in [3.05, 3.63) is 0 Å². The van der Waals surface area contributed by atoms with Crippen molar-refractivity contribution < 1.29 is 13.6 Å². The number of Topliss-reactive ketones (excluding diaryl/α,β-unsaturated/α-hetero) is 1. The molecule has 0 spiro atoms. The first kappa shape index (κ1) is 8.53. The zero-order chi connectivity index (χ0) is 7.44. The standard InChI is InChI=1S/C6H10F2O/c1-3-4(2)5(9)6(7)8/h4,6H,3H2,1-2H3. The van der Waals surface area contributed by atoms with E-state index in [9.17, 15) is 13.6 Å². The molecule has 1 nitrogen and oxygen atoms in total. The second-order valence-electron chi connectivity index (χ2n) is 2.01. The Morgan fingerprint density at radius 1 is 1.56 bits per heavy atom. The van der Waals surface area contributed by atoms with Gasteiger partial charge in [-0.2, -0.15) is 0 Å². The van der Waals surface area contributed by atoms with E-state index in [1.165, 1.54) is 6.92 Å². The van der Waals surface area contributed by atoms with Crippen LogP contribution in [0.25, 0.3) is 0 Å². The van der Waals surface area contributed by atoms with E-state index in [4.69, 9.17) is 0 Å². The van der Waals surface area contributed by atoms with E-state index in [0.717, 1.165) is 0 Å². The van der Waals surface area contributed by atoms with Crippen molar-refractivity contribution in [1.82, 2.24) is 0 Å². The highest BCUT2D eigenvalue weighted by molar-refractivity contribution is 5.83. The lowest BCUT2D eigenvalue weighted by Crippen LogP contribution is -2.18. The molecule has 0 aliphatic heterocycles. The summed E-state index contributed by atoms with van der Waals surface area (Å²) < 4.78 is 23.0. The number of alkyl halides is 2. The third kappa shape index (κ3) is 2.54. The Bertz CT molecular complexity index is 101. The molecular weight excluding hydrogens is 126 g/mol. The summed E-state index contributed by atoms with van der Waals surface area (Å²) in [4.78, 5) is 10.3. The van der Waals surface area contributed by atoms with E-state index < -0.39 is 18.1 Å². The maximum Gasteiger partial charge on any atom is 0.296 e. The SMILES string of the molecule is CCC(C)C(=O)C(F)F. The van der Waals surface area contributed by atoms with Gasteiger partial charge in [-0.15, -0.1) is 0 Å². The van der Waals surface area contributed by atoms with Crippen LogP contribution in [0.3, 0.4) is 0 Å². The Morgan fingerprint density at radius 2 is 2.00 bits per heavy atom. The van der Waals surface area contributed by atoms with Gasteiger partial charge in [0.15, 0.2) is 0 Å². The van der Waals surface area contributed by atoms with Gasteiger partial charge in [-0.3, -0.25) is 4.79 Å². The molecule has 0 fully saturated rings. The molecule has 0 radical (unpaired) electrons. The van der Waals surface area contributed by atoms with Gasteiger partial charge in [0.05, 0.1) is 0 Å². The maximum atomic E-state index is 11.5. The molecule has 9 heavy (non-hydrogen) atoms. The minimum absolute atomic E-state index is 0.489. The predicted molar refractivity (Wildman–Crippen MR) is 30.5 cm³/mol. The van der Waals surface area contributed by atoms with Crippen LogP contribution in [0.1, 0.15) is 20.3 Å². The molecule has 0 aliphatic rings. The Balaban J connectivity index is 3.73. The number of carbonyl (C=O) groups is 1. The highest BCUT2D eigenvalue weighted by Gasteiger charge is 2.20. The number of ketones is 1. The summed E-state index contributed by atoms with van der Waals surface area (Å²) in [5, 5.41) is 0. The van der Waals surface area contributed by atoms with E-state index >= 15 is 0 Å². The van der Waals surface area contributed by atoms with Crippen LogP contribution in [-0.4, -0.2) is 12.2 Å². The molecule has 1 unspecified atom stereocenters. The Labute approximate surface area is 53.1 Å². The quantitative estimate of drug-likeness (QED) is 0.578. The minimum Gasteiger partial charge on any atom is -0.293 e. The third-order valence-corrected chi connectivity index (χ3v) is 1.31. The molecule has 0 aromatic carbocycles. The van der Waals surface area contributed by atoms with Gasteiger partial charge in [0.2, 0.25) is 5.78 Å². The van der Waals surface area contributed by atoms with Crippen molar-refractivity contribution in [3.8, 4) is 0 Å². The van der Waals surface area contributed by atoms with E-state index in [2.05, 4.69) is 0 Å². The average molecular weight is 136 g/mol. The lowest BCUT2D eigenvalue weighted by molar-refractivity contribution is -0.133. The fourth-order valence-electron chi connectivity index (χ4n) is 0.416. The van der Waals surface area contributed by atoms with Gasteiger partial charge < -0.3 is 0 Å². The smallest absolute Gasteiger partial charge is 0.293 e. The number of halogens is 2. The van der Waals surface area contributed by atoms with Crippen LogP contribution in [0, 0.1) is 5.92 Å². The lowest BCUT2D eigenvalue weighted by atomic mass is 10.0. The fraction of sp³-hybridized carbons (Fsp3) is 0.833. The number of carbonyl (C=O) groups excluding carboxylic acids is 1. The molecular formula is C6H10F2O. The molecule has 0 rings (SSSR count). The predicted octanol–water partition coefficient (Wildman–Crippen LogP) is 1.87. The Hall–Kier alpha value is -0.470. The Morgan fingerprint density at radius 3 is 2.11 bits per heavy atom. The highest BCUT2D eigenvalue weighted by atomic mass is 19.3. The van der Waals surface area contributed by atoms with Crippen LogP contribution < -0.4 is 0 Å². The first-order valence-corrected chi connectivity index (χ1v) is 2.91. The van der Waals surface area contributed by atoms with E-state index in [1.54, 1.807) is 6.92 Å². The van der Waals surface area contributed by atoms with Crippen LogP contribution in [-0.2, 0) is 4.79 Å². The third-order valence-electron chi connectivity index (χ3n) is 1.31. The van der Waals surface area contributed by atoms with Crippen molar-refractivity contribution in [1.29, 1.82) is 0 Å². The maximum absolute atomic E-state index is 11.5. The van der Waals surface area contributed by atoms with E-state index in [1.807, 2.05) is 0 Å². The summed E-state index contributed by atoms with van der Waals surface area (Å²) in [6.07, 6.45) is -2.30. The van der Waals surface area contributed by atoms with Crippen LogP contribution >= 0.6 is 0 Å². The van der Waals surface area contributed by atoms with Gasteiger partial charge in [0.25, 0.3) is 6.43 Å². The monoisotopic (exact) mass is 136 g/mol. The summed E-state index contributed by atoms with van der Waals surface area (Å²) in [6, 6.07) is 0. The zero-order valence-electron chi connectivity index (χ0n) is 5.53. The summed E-state index contributed by atoms with van der Waals surface area (Å²) in [7, 11) is 0. The van der Waals surface area contributed by atoms with Gasteiger partial charge >= 0.3 is 0 Å². The number of hydrogen-bond acceptors (Lipinski definition) is 1. The zero-order valence-corrected chi connectivity index (χ0v) is 5.53. The molecule has 0 N–H and O–H groups in total. The summed E-state index contributed by atoms with van der Waals surface area (Å²) in [6.45, 7) is 3.22. The molecule has 0 saturated carbocycles. The summed E-state index contributed by atoms with van der Waals surface area (Å²) >= 11 is 0. The van der Waals surface area contributed by atoms with Crippen molar-refractivity contribution in [2.24, 2.45) is 5.92 Å². The molecule has 0 aromatic rings. The Kier molecular flexibility index (Phi) is 3.35. The van der Waals surface area contributed by atoms with Crippen LogP contribution in [0.15, 0.2) is 0 Å². The second-order valence-corrected chi connectivity index (χ2v) is 2.01. The first-order valence-electron chi connectivity index (χ1n) is 2.91. The molecule has 0 aromatic heterocycles. The number of rotatable bonds is 3. The normalized spacial score (nSPS) is 13.9. The van der Waals surface area contributed by atoms with Gasteiger partial charge in [0.1, 0.15) is 0 Å². The van der Waals surface area contributed by atoms with E-state index in [-0.39, 0.29) is 0 Å². The first-order chi connectivity index (χ1) is 4.09. The van der Waals surface area contributed by atoms with Crippen LogP contribution in [0.2, 0.25) is 0 Å². The van der Waals surface area contributed by atoms with Crippen molar-refractivity contribution in [2.45, 2.75) is 26.7 Å². The molecule has 54 valence electrons. The second kappa shape index (κ2) is 3.54. The molecule has 0 saturated heterocycles. The van der Waals surface area contributed by atoms with Crippen molar-refractivity contribution in [2.75, 3.05) is 0 Å². The van der Waals surface area contributed by atoms with E-state index in [0.29, 0.717) is 6.42 Å². The van der Waals surface area contributed by atoms with Crippen molar-refractivity contribution in [3.63, 3.8) is 0 Å². The lowest BCUT2D eigenvalue weighted by Gasteiger charge is -2.03. The molecule has 0 heterocycles. The van der Waals surface area contributed by atoms with Crippen LogP contribution in [0.5, 0.6) is 0 Å². The van der Waals surface area contributed by atoms with Crippen molar-refractivity contribution >= 4 is 5.78 Å². The minimum atomic E-state index is -2.79. The van der Waals surface area contributed by atoms with Crippen LogP contribution in [0.4, 0.5) is 8.78 Å². The fourth-order valence-corrected chi connectivity index (χ4v) is 0.416. The molecule has 1 atom stereocenters. The molecule has 3 heteroatoms. The van der Waals surface area contributed by atoms with Gasteiger partial charge in [-0.05, 0) is 6.42 Å². The highest BCUT2D eigenvalue weighted by Crippen LogP contribution is 2.08. The summed E-state index contributed by atoms with van der Waals surface area (Å²) in [5.74, 6) is -1.44.